The van der Waals surface area contributed by atoms with Crippen LogP contribution in [0.1, 0.15) is 44.9 Å². The number of hydrogen-bond donors (Lipinski definition) is 0. The molecule has 5 heteroatoms. The fraction of sp³-hybridized carbons (Fsp3) is 0.889. The largest absolute Gasteiger partial charge is 0.381 e. The van der Waals surface area contributed by atoms with E-state index in [-0.39, 0.29) is 11.3 Å². The van der Waals surface area contributed by atoms with Gasteiger partial charge in [0.1, 0.15) is 0 Å². The summed E-state index contributed by atoms with van der Waals surface area (Å²) in [6.07, 6.45) is 7.30. The van der Waals surface area contributed by atoms with Crippen molar-refractivity contribution in [3.05, 3.63) is 0 Å². The maximum absolute atomic E-state index is 12.5. The van der Waals surface area contributed by atoms with Gasteiger partial charge in [0.2, 0.25) is 11.8 Å². The van der Waals surface area contributed by atoms with Gasteiger partial charge in [0, 0.05) is 39.2 Å². The summed E-state index contributed by atoms with van der Waals surface area (Å²) in [5.41, 5.74) is 0.270. The zero-order valence-electron chi connectivity index (χ0n) is 14.0. The van der Waals surface area contributed by atoms with Crippen molar-refractivity contribution in [1.82, 2.24) is 9.80 Å². The summed E-state index contributed by atoms with van der Waals surface area (Å²) in [5.74, 6) is 1.49. The molecule has 2 amide bonds. The molecule has 0 aromatic carbocycles. The Morgan fingerprint density at radius 2 is 1.96 bits per heavy atom. The van der Waals surface area contributed by atoms with Gasteiger partial charge in [-0.2, -0.15) is 0 Å². The van der Waals surface area contributed by atoms with Crippen LogP contribution in [-0.2, 0) is 14.3 Å². The molecule has 3 aliphatic heterocycles. The molecule has 3 saturated heterocycles. The number of ether oxygens (including phenoxy) is 1. The number of amides is 2. The van der Waals surface area contributed by atoms with E-state index in [1.54, 1.807) is 0 Å². The summed E-state index contributed by atoms with van der Waals surface area (Å²) in [4.78, 5) is 28.9. The van der Waals surface area contributed by atoms with Gasteiger partial charge >= 0.3 is 0 Å². The Hall–Kier alpha value is -1.10. The van der Waals surface area contributed by atoms with Crippen LogP contribution in [-0.4, -0.2) is 61.0 Å². The second-order valence-electron chi connectivity index (χ2n) is 8.10. The molecule has 1 unspecified atom stereocenters. The van der Waals surface area contributed by atoms with E-state index in [2.05, 4.69) is 4.90 Å². The highest BCUT2D eigenvalue weighted by atomic mass is 16.5. The van der Waals surface area contributed by atoms with E-state index < -0.39 is 0 Å². The normalized spacial score (nSPS) is 31.0. The first kappa shape index (κ1) is 15.4. The Labute approximate surface area is 138 Å². The van der Waals surface area contributed by atoms with Gasteiger partial charge in [-0.15, -0.1) is 0 Å². The lowest BCUT2D eigenvalue weighted by molar-refractivity contribution is -0.144. The van der Waals surface area contributed by atoms with Crippen molar-refractivity contribution in [1.29, 1.82) is 0 Å². The van der Waals surface area contributed by atoms with Crippen LogP contribution in [0.25, 0.3) is 0 Å². The highest BCUT2D eigenvalue weighted by Crippen LogP contribution is 2.42. The summed E-state index contributed by atoms with van der Waals surface area (Å²) >= 11 is 0. The first-order chi connectivity index (χ1) is 11.2. The lowest BCUT2D eigenvalue weighted by Gasteiger charge is -2.47. The van der Waals surface area contributed by atoms with Crippen LogP contribution in [0, 0.1) is 17.3 Å². The van der Waals surface area contributed by atoms with Crippen LogP contribution in [0.5, 0.6) is 0 Å². The van der Waals surface area contributed by atoms with Crippen LogP contribution in [0.15, 0.2) is 0 Å². The fourth-order valence-corrected chi connectivity index (χ4v) is 4.48. The standard InChI is InChI=1S/C18H28N2O3/c21-16-3-5-18(13-20(16)11-14-1-2-14)6-8-19(9-7-18)17(22)15-4-10-23-12-15/h14-15H,1-13H2. The summed E-state index contributed by atoms with van der Waals surface area (Å²) in [5, 5.41) is 0. The molecule has 23 heavy (non-hydrogen) atoms. The number of carbonyl (C=O) groups is 2. The average Bonchev–Trinajstić information content (AvgIpc) is 3.21. The molecule has 1 saturated carbocycles. The predicted octanol–water partition coefficient (Wildman–Crippen LogP) is 1.66. The van der Waals surface area contributed by atoms with Gasteiger partial charge in [-0.25, -0.2) is 0 Å². The summed E-state index contributed by atoms with van der Waals surface area (Å²) in [6, 6.07) is 0. The van der Waals surface area contributed by atoms with Crippen molar-refractivity contribution in [3.8, 4) is 0 Å². The van der Waals surface area contributed by atoms with E-state index in [9.17, 15) is 9.59 Å². The van der Waals surface area contributed by atoms with Crippen molar-refractivity contribution in [3.63, 3.8) is 0 Å². The zero-order chi connectivity index (χ0) is 15.9. The Morgan fingerprint density at radius 3 is 2.61 bits per heavy atom. The Balaban J connectivity index is 1.34. The zero-order valence-corrected chi connectivity index (χ0v) is 14.0. The molecule has 4 aliphatic rings. The quantitative estimate of drug-likeness (QED) is 0.795. The number of nitrogens with zero attached hydrogens (tertiary/aromatic N) is 2. The van der Waals surface area contributed by atoms with E-state index in [1.165, 1.54) is 12.8 Å². The topological polar surface area (TPSA) is 49.9 Å². The third kappa shape index (κ3) is 3.25. The lowest BCUT2D eigenvalue weighted by Crippen LogP contribution is -2.53. The highest BCUT2D eigenvalue weighted by molar-refractivity contribution is 5.79. The second kappa shape index (κ2) is 6.08. The van der Waals surface area contributed by atoms with Crippen molar-refractivity contribution < 1.29 is 14.3 Å². The van der Waals surface area contributed by atoms with Crippen molar-refractivity contribution in [2.24, 2.45) is 17.3 Å². The van der Waals surface area contributed by atoms with Crippen molar-refractivity contribution in [2.75, 3.05) is 39.4 Å². The van der Waals surface area contributed by atoms with Crippen LogP contribution in [0.3, 0.4) is 0 Å². The second-order valence-corrected chi connectivity index (χ2v) is 8.10. The van der Waals surface area contributed by atoms with E-state index in [0.717, 1.165) is 64.4 Å². The summed E-state index contributed by atoms with van der Waals surface area (Å²) < 4.78 is 5.36. The highest BCUT2D eigenvalue weighted by Gasteiger charge is 2.43. The Bertz CT molecular complexity index is 475. The molecule has 3 heterocycles. The third-order valence-corrected chi connectivity index (χ3v) is 6.34. The minimum absolute atomic E-state index is 0.0864. The SMILES string of the molecule is O=C1CCC2(CCN(C(=O)C3CCOC3)CC2)CN1CC1CC1. The van der Waals surface area contributed by atoms with E-state index in [4.69, 9.17) is 4.74 Å². The number of piperidine rings is 2. The number of hydrogen-bond acceptors (Lipinski definition) is 3. The van der Waals surface area contributed by atoms with Crippen LogP contribution < -0.4 is 0 Å². The van der Waals surface area contributed by atoms with Gasteiger partial charge < -0.3 is 14.5 Å². The van der Waals surface area contributed by atoms with Gasteiger partial charge in [-0.3, -0.25) is 9.59 Å². The molecule has 1 spiro atoms. The lowest BCUT2D eigenvalue weighted by atomic mass is 9.72. The maximum atomic E-state index is 12.5. The molecule has 4 rings (SSSR count). The molecule has 1 aliphatic carbocycles. The Morgan fingerprint density at radius 1 is 1.17 bits per heavy atom. The minimum atomic E-state index is 0.0864. The molecule has 0 radical (unpaired) electrons. The first-order valence-electron chi connectivity index (χ1n) is 9.30. The monoisotopic (exact) mass is 320 g/mol. The van der Waals surface area contributed by atoms with Crippen molar-refractivity contribution in [2.45, 2.75) is 44.9 Å². The molecule has 4 fully saturated rings. The molecule has 0 aromatic heterocycles. The van der Waals surface area contributed by atoms with Gasteiger partial charge in [0.15, 0.2) is 0 Å². The molecular weight excluding hydrogens is 292 g/mol. The van der Waals surface area contributed by atoms with Gasteiger partial charge in [-0.05, 0) is 49.9 Å². The molecule has 0 N–H and O–H groups in total. The molecular formula is C18H28N2O3. The van der Waals surface area contributed by atoms with Gasteiger partial charge in [0.05, 0.1) is 12.5 Å². The van der Waals surface area contributed by atoms with E-state index >= 15 is 0 Å². The molecule has 1 atom stereocenters. The molecule has 0 bridgehead atoms. The molecule has 0 aromatic rings. The smallest absolute Gasteiger partial charge is 0.228 e. The van der Waals surface area contributed by atoms with Crippen molar-refractivity contribution >= 4 is 11.8 Å². The third-order valence-electron chi connectivity index (χ3n) is 6.34. The number of carbonyl (C=O) groups excluding carboxylic acids is 2. The van der Waals surface area contributed by atoms with Gasteiger partial charge in [-0.1, -0.05) is 0 Å². The Kier molecular flexibility index (Phi) is 4.08. The van der Waals surface area contributed by atoms with E-state index in [0.29, 0.717) is 24.8 Å². The number of likely N-dealkylation sites (tertiary alicyclic amines) is 2. The average molecular weight is 320 g/mol. The van der Waals surface area contributed by atoms with E-state index in [1.807, 2.05) is 4.90 Å². The molecule has 128 valence electrons. The summed E-state index contributed by atoms with van der Waals surface area (Å²) in [7, 11) is 0. The van der Waals surface area contributed by atoms with Crippen LogP contribution in [0.2, 0.25) is 0 Å². The number of rotatable bonds is 3. The molecule has 5 nitrogen and oxygen atoms in total. The summed E-state index contributed by atoms with van der Waals surface area (Å²) in [6.45, 7) is 4.96. The fourth-order valence-electron chi connectivity index (χ4n) is 4.48. The first-order valence-corrected chi connectivity index (χ1v) is 9.30. The minimum Gasteiger partial charge on any atom is -0.381 e. The van der Waals surface area contributed by atoms with Crippen LogP contribution in [0.4, 0.5) is 0 Å². The maximum Gasteiger partial charge on any atom is 0.228 e. The van der Waals surface area contributed by atoms with Gasteiger partial charge in [0.25, 0.3) is 0 Å². The van der Waals surface area contributed by atoms with Crippen LogP contribution >= 0.6 is 0 Å². The predicted molar refractivity (Wildman–Crippen MR) is 85.7 cm³/mol.